The molecule has 1 N–H and O–H groups in total. The van der Waals surface area contributed by atoms with Crippen LogP contribution in [0.5, 0.6) is 0 Å². The lowest BCUT2D eigenvalue weighted by Gasteiger charge is -2.07. The van der Waals surface area contributed by atoms with Crippen molar-refractivity contribution in [3.8, 4) is 0 Å². The van der Waals surface area contributed by atoms with Crippen LogP contribution in [-0.2, 0) is 5.75 Å². The van der Waals surface area contributed by atoms with Crippen molar-refractivity contribution in [3.63, 3.8) is 0 Å². The van der Waals surface area contributed by atoms with Gasteiger partial charge in [-0.1, -0.05) is 11.6 Å². The number of anilines is 1. The van der Waals surface area contributed by atoms with E-state index in [4.69, 9.17) is 11.6 Å². The zero-order chi connectivity index (χ0) is 8.97. The molecule has 3 heteroatoms. The summed E-state index contributed by atoms with van der Waals surface area (Å²) in [4.78, 5) is 0. The standard InChI is InChI=1S/C9H12ClNS/c1-11-9-4-3-8(10)5-7(9)6-12-2/h3-5,11H,6H2,1-2H3. The SMILES string of the molecule is CNc1ccc(Cl)cc1CSC. The van der Waals surface area contributed by atoms with Gasteiger partial charge < -0.3 is 5.32 Å². The molecule has 1 aromatic rings. The lowest BCUT2D eigenvalue weighted by atomic mass is 10.2. The normalized spacial score (nSPS) is 9.92. The second-order valence-electron chi connectivity index (χ2n) is 2.48. The van der Waals surface area contributed by atoms with Gasteiger partial charge in [0.05, 0.1) is 0 Å². The highest BCUT2D eigenvalue weighted by atomic mass is 35.5. The summed E-state index contributed by atoms with van der Waals surface area (Å²) in [5.74, 6) is 0.997. The van der Waals surface area contributed by atoms with E-state index in [1.807, 2.05) is 25.2 Å². The molecule has 0 unspecified atom stereocenters. The molecule has 12 heavy (non-hydrogen) atoms. The van der Waals surface area contributed by atoms with Crippen LogP contribution in [0.1, 0.15) is 5.56 Å². The molecule has 0 bridgehead atoms. The van der Waals surface area contributed by atoms with Crippen LogP contribution in [0.4, 0.5) is 5.69 Å². The van der Waals surface area contributed by atoms with Crippen LogP contribution in [0.2, 0.25) is 5.02 Å². The van der Waals surface area contributed by atoms with Crippen LogP contribution in [0.15, 0.2) is 18.2 Å². The average molecular weight is 202 g/mol. The van der Waals surface area contributed by atoms with E-state index >= 15 is 0 Å². The fourth-order valence-corrected chi connectivity index (χ4v) is 1.83. The van der Waals surface area contributed by atoms with E-state index in [9.17, 15) is 0 Å². The topological polar surface area (TPSA) is 12.0 Å². The van der Waals surface area contributed by atoms with Gasteiger partial charge in [-0.05, 0) is 30.0 Å². The molecule has 0 radical (unpaired) electrons. The number of hydrogen-bond acceptors (Lipinski definition) is 2. The zero-order valence-electron chi connectivity index (χ0n) is 7.23. The second kappa shape index (κ2) is 4.63. The van der Waals surface area contributed by atoms with Crippen molar-refractivity contribution in [2.45, 2.75) is 5.75 Å². The first-order chi connectivity index (χ1) is 5.77. The Hall–Kier alpha value is -0.340. The van der Waals surface area contributed by atoms with E-state index in [1.165, 1.54) is 5.56 Å². The first-order valence-corrected chi connectivity index (χ1v) is 5.50. The third-order valence-corrected chi connectivity index (χ3v) is 2.47. The molecule has 0 heterocycles. The van der Waals surface area contributed by atoms with Crippen LogP contribution in [-0.4, -0.2) is 13.3 Å². The Morgan fingerprint density at radius 1 is 1.50 bits per heavy atom. The van der Waals surface area contributed by atoms with Gasteiger partial charge in [0.15, 0.2) is 0 Å². The minimum absolute atomic E-state index is 0.804. The maximum atomic E-state index is 5.87. The monoisotopic (exact) mass is 201 g/mol. The molecule has 0 amide bonds. The number of hydrogen-bond donors (Lipinski definition) is 1. The molecule has 66 valence electrons. The summed E-state index contributed by atoms with van der Waals surface area (Å²) in [6, 6.07) is 5.91. The Morgan fingerprint density at radius 3 is 2.83 bits per heavy atom. The highest BCUT2D eigenvalue weighted by Gasteiger charge is 2.00. The van der Waals surface area contributed by atoms with Gasteiger partial charge in [0.2, 0.25) is 0 Å². The van der Waals surface area contributed by atoms with Crippen molar-refractivity contribution in [1.82, 2.24) is 0 Å². The molecule has 0 fully saturated rings. The van der Waals surface area contributed by atoms with Gasteiger partial charge in [0.25, 0.3) is 0 Å². The van der Waals surface area contributed by atoms with E-state index in [0.29, 0.717) is 0 Å². The summed E-state index contributed by atoms with van der Waals surface area (Å²) in [6.07, 6.45) is 2.08. The highest BCUT2D eigenvalue weighted by Crippen LogP contribution is 2.23. The van der Waals surface area contributed by atoms with Gasteiger partial charge >= 0.3 is 0 Å². The first-order valence-electron chi connectivity index (χ1n) is 3.73. The second-order valence-corrected chi connectivity index (χ2v) is 3.79. The predicted octanol–water partition coefficient (Wildman–Crippen LogP) is 3.24. The third kappa shape index (κ3) is 2.32. The fraction of sp³-hybridized carbons (Fsp3) is 0.333. The molecule has 0 aliphatic heterocycles. The predicted molar refractivity (Wildman–Crippen MR) is 58.2 cm³/mol. The van der Waals surface area contributed by atoms with Crippen molar-refractivity contribution in [3.05, 3.63) is 28.8 Å². The van der Waals surface area contributed by atoms with E-state index in [1.54, 1.807) is 11.8 Å². The maximum absolute atomic E-state index is 5.87. The number of thioether (sulfide) groups is 1. The lowest BCUT2D eigenvalue weighted by molar-refractivity contribution is 1.37. The Morgan fingerprint density at radius 2 is 2.25 bits per heavy atom. The molecular weight excluding hydrogens is 190 g/mol. The summed E-state index contributed by atoms with van der Waals surface area (Å²) in [5.41, 5.74) is 2.42. The molecular formula is C9H12ClNS. The largest absolute Gasteiger partial charge is 0.388 e. The minimum atomic E-state index is 0.804. The number of halogens is 1. The summed E-state index contributed by atoms with van der Waals surface area (Å²) in [7, 11) is 1.92. The van der Waals surface area contributed by atoms with Crippen molar-refractivity contribution in [2.24, 2.45) is 0 Å². The van der Waals surface area contributed by atoms with E-state index < -0.39 is 0 Å². The van der Waals surface area contributed by atoms with Crippen LogP contribution >= 0.6 is 23.4 Å². The zero-order valence-corrected chi connectivity index (χ0v) is 8.80. The Bertz CT molecular complexity index is 263. The summed E-state index contributed by atoms with van der Waals surface area (Å²) < 4.78 is 0. The van der Waals surface area contributed by atoms with Gasteiger partial charge in [0.1, 0.15) is 0 Å². The third-order valence-electron chi connectivity index (χ3n) is 1.64. The van der Waals surface area contributed by atoms with E-state index in [0.717, 1.165) is 16.5 Å². The molecule has 1 nitrogen and oxygen atoms in total. The number of benzene rings is 1. The lowest BCUT2D eigenvalue weighted by Crippen LogP contribution is -1.93. The molecule has 1 aromatic carbocycles. The molecule has 0 spiro atoms. The van der Waals surface area contributed by atoms with Gasteiger partial charge in [-0.3, -0.25) is 0 Å². The van der Waals surface area contributed by atoms with Crippen LogP contribution in [0.3, 0.4) is 0 Å². The number of nitrogens with one attached hydrogen (secondary N) is 1. The molecule has 0 aliphatic rings. The molecule has 1 rings (SSSR count). The summed E-state index contributed by atoms with van der Waals surface area (Å²) in [5, 5.41) is 3.94. The Labute approximate surface area is 82.5 Å². The van der Waals surface area contributed by atoms with Gasteiger partial charge in [0, 0.05) is 23.5 Å². The average Bonchev–Trinajstić information content (AvgIpc) is 2.05. The molecule has 0 saturated carbocycles. The van der Waals surface area contributed by atoms with Gasteiger partial charge in [-0.25, -0.2) is 0 Å². The van der Waals surface area contributed by atoms with Crippen molar-refractivity contribution in [1.29, 1.82) is 0 Å². The van der Waals surface area contributed by atoms with Crippen LogP contribution < -0.4 is 5.32 Å². The van der Waals surface area contributed by atoms with Gasteiger partial charge in [-0.15, -0.1) is 0 Å². The van der Waals surface area contributed by atoms with Crippen LogP contribution in [0, 0.1) is 0 Å². The fourth-order valence-electron chi connectivity index (χ4n) is 1.08. The highest BCUT2D eigenvalue weighted by molar-refractivity contribution is 7.97. The Balaban J connectivity index is 2.95. The summed E-state index contributed by atoms with van der Waals surface area (Å²) >= 11 is 7.67. The molecule has 0 aliphatic carbocycles. The van der Waals surface area contributed by atoms with Crippen molar-refractivity contribution < 1.29 is 0 Å². The summed E-state index contributed by atoms with van der Waals surface area (Å²) in [6.45, 7) is 0. The van der Waals surface area contributed by atoms with Crippen molar-refractivity contribution in [2.75, 3.05) is 18.6 Å². The first kappa shape index (κ1) is 9.75. The van der Waals surface area contributed by atoms with Crippen molar-refractivity contribution >= 4 is 29.1 Å². The van der Waals surface area contributed by atoms with E-state index in [2.05, 4.69) is 11.6 Å². The van der Waals surface area contributed by atoms with Gasteiger partial charge in [-0.2, -0.15) is 11.8 Å². The van der Waals surface area contributed by atoms with Crippen LogP contribution in [0.25, 0.3) is 0 Å². The molecule has 0 atom stereocenters. The quantitative estimate of drug-likeness (QED) is 0.806. The van der Waals surface area contributed by atoms with E-state index in [-0.39, 0.29) is 0 Å². The molecule has 0 aromatic heterocycles. The number of rotatable bonds is 3. The minimum Gasteiger partial charge on any atom is -0.388 e. The smallest absolute Gasteiger partial charge is 0.0410 e. The molecule has 0 saturated heterocycles. The Kier molecular flexibility index (Phi) is 3.76. The maximum Gasteiger partial charge on any atom is 0.0410 e.